The minimum Gasteiger partial charge on any atom is -0.383 e. The van der Waals surface area contributed by atoms with Crippen LogP contribution in [0.2, 0.25) is 5.02 Å². The Morgan fingerprint density at radius 2 is 2.18 bits per heavy atom. The van der Waals surface area contributed by atoms with Gasteiger partial charge < -0.3 is 10.7 Å². The van der Waals surface area contributed by atoms with Crippen molar-refractivity contribution >= 4 is 17.4 Å². The molecule has 4 nitrogen and oxygen atoms in total. The van der Waals surface area contributed by atoms with E-state index in [0.29, 0.717) is 17.8 Å². The van der Waals surface area contributed by atoms with Crippen LogP contribution < -0.4 is 11.3 Å². The number of nitrogens with zero attached hydrogens (tertiary/aromatic N) is 1. The van der Waals surface area contributed by atoms with Gasteiger partial charge in [0.25, 0.3) is 5.56 Å². The predicted molar refractivity (Wildman–Crippen MR) is 63.5 cm³/mol. The van der Waals surface area contributed by atoms with Gasteiger partial charge in [0, 0.05) is 17.5 Å². The first-order valence-corrected chi connectivity index (χ1v) is 5.22. The van der Waals surface area contributed by atoms with Crippen LogP contribution in [0.3, 0.4) is 0 Å². The summed E-state index contributed by atoms with van der Waals surface area (Å²) in [5.41, 5.74) is 5.79. The molecule has 1 heterocycles. The van der Waals surface area contributed by atoms with Gasteiger partial charge >= 0.3 is 0 Å². The van der Waals surface area contributed by atoms with E-state index < -0.39 is 5.82 Å². The topological polar surface area (TPSA) is 71.8 Å². The molecule has 0 aliphatic heterocycles. The molecule has 0 aliphatic carbocycles. The Morgan fingerprint density at radius 1 is 1.41 bits per heavy atom. The molecule has 6 heteroatoms. The smallest absolute Gasteiger partial charge is 0.252 e. The third kappa shape index (κ3) is 2.82. The lowest BCUT2D eigenvalue weighted by Gasteiger charge is -2.04. The highest BCUT2D eigenvalue weighted by atomic mass is 35.5. The number of rotatable bonds is 2. The van der Waals surface area contributed by atoms with E-state index in [1.165, 1.54) is 18.2 Å². The van der Waals surface area contributed by atoms with E-state index in [1.54, 1.807) is 6.07 Å². The number of nitrogens with two attached hydrogens (primary N) is 1. The van der Waals surface area contributed by atoms with E-state index >= 15 is 0 Å². The third-order valence-electron chi connectivity index (χ3n) is 2.18. The molecule has 17 heavy (non-hydrogen) atoms. The molecule has 0 saturated carbocycles. The maximum Gasteiger partial charge on any atom is 0.252 e. The Labute approximate surface area is 101 Å². The average Bonchev–Trinajstić information content (AvgIpc) is 2.21. The third-order valence-corrected chi connectivity index (χ3v) is 2.54. The average molecular weight is 254 g/mol. The summed E-state index contributed by atoms with van der Waals surface area (Å²) < 4.78 is 12.8. The number of nitrogens with one attached hydrogen (secondary N) is 1. The van der Waals surface area contributed by atoms with Crippen molar-refractivity contribution in [1.29, 1.82) is 0 Å². The fourth-order valence-electron chi connectivity index (χ4n) is 1.46. The maximum atomic E-state index is 12.8. The van der Waals surface area contributed by atoms with Crippen LogP contribution in [0.4, 0.5) is 10.2 Å². The molecule has 0 amide bonds. The van der Waals surface area contributed by atoms with Crippen LogP contribution in [-0.2, 0) is 6.42 Å². The van der Waals surface area contributed by atoms with E-state index in [9.17, 15) is 9.18 Å². The van der Waals surface area contributed by atoms with Crippen molar-refractivity contribution in [3.63, 3.8) is 0 Å². The van der Waals surface area contributed by atoms with E-state index in [0.717, 1.165) is 0 Å². The number of halogens is 2. The molecule has 0 unspecified atom stereocenters. The van der Waals surface area contributed by atoms with Crippen molar-refractivity contribution in [1.82, 2.24) is 9.97 Å². The van der Waals surface area contributed by atoms with Gasteiger partial charge in [-0.3, -0.25) is 4.79 Å². The first-order chi connectivity index (χ1) is 8.04. The molecule has 0 radical (unpaired) electrons. The maximum absolute atomic E-state index is 12.8. The van der Waals surface area contributed by atoms with Crippen LogP contribution in [0, 0.1) is 5.82 Å². The second-order valence-electron chi connectivity index (χ2n) is 3.53. The summed E-state index contributed by atoms with van der Waals surface area (Å²) in [6, 6.07) is 5.24. The normalized spacial score (nSPS) is 10.5. The van der Waals surface area contributed by atoms with Gasteiger partial charge in [-0.15, -0.1) is 0 Å². The van der Waals surface area contributed by atoms with Crippen molar-refractivity contribution in [3.8, 4) is 0 Å². The highest BCUT2D eigenvalue weighted by Crippen LogP contribution is 2.19. The molecule has 0 bridgehead atoms. The van der Waals surface area contributed by atoms with Crippen LogP contribution in [0.1, 0.15) is 11.4 Å². The molecular weight excluding hydrogens is 245 g/mol. The van der Waals surface area contributed by atoms with E-state index in [2.05, 4.69) is 9.97 Å². The SMILES string of the molecule is Nc1cc(=O)[nH]c(Cc2ccc(F)cc2Cl)n1. The predicted octanol–water partition coefficient (Wildman–Crippen LogP) is 1.74. The Balaban J connectivity index is 2.34. The van der Waals surface area contributed by atoms with Crippen molar-refractivity contribution in [2.24, 2.45) is 0 Å². The van der Waals surface area contributed by atoms with Gasteiger partial charge in [0.05, 0.1) is 0 Å². The minimum absolute atomic E-state index is 0.141. The van der Waals surface area contributed by atoms with Gasteiger partial charge in [-0.2, -0.15) is 0 Å². The van der Waals surface area contributed by atoms with E-state index in [-0.39, 0.29) is 16.4 Å². The minimum atomic E-state index is -0.409. The summed E-state index contributed by atoms with van der Waals surface area (Å²) >= 11 is 5.87. The van der Waals surface area contributed by atoms with Crippen LogP contribution in [0.25, 0.3) is 0 Å². The standard InChI is InChI=1S/C11H9ClFN3O/c12-8-4-7(13)2-1-6(8)3-10-15-9(14)5-11(17)16-10/h1-2,4-5H,3H2,(H3,14,15,16,17). The Morgan fingerprint density at radius 3 is 2.82 bits per heavy atom. The Kier molecular flexibility index (Phi) is 3.10. The summed E-state index contributed by atoms with van der Waals surface area (Å²) in [5, 5.41) is 0.287. The summed E-state index contributed by atoms with van der Waals surface area (Å²) in [4.78, 5) is 17.7. The molecule has 88 valence electrons. The highest BCUT2D eigenvalue weighted by molar-refractivity contribution is 6.31. The van der Waals surface area contributed by atoms with Crippen LogP contribution >= 0.6 is 11.6 Å². The number of benzene rings is 1. The molecule has 0 fully saturated rings. The molecule has 1 aromatic carbocycles. The summed E-state index contributed by atoms with van der Waals surface area (Å²) in [7, 11) is 0. The van der Waals surface area contributed by atoms with Gasteiger partial charge in [-0.05, 0) is 17.7 Å². The van der Waals surface area contributed by atoms with E-state index in [4.69, 9.17) is 17.3 Å². The van der Waals surface area contributed by atoms with Crippen molar-refractivity contribution in [2.45, 2.75) is 6.42 Å². The fourth-order valence-corrected chi connectivity index (χ4v) is 1.69. The molecule has 1 aromatic heterocycles. The zero-order valence-electron chi connectivity index (χ0n) is 8.71. The van der Waals surface area contributed by atoms with Crippen molar-refractivity contribution in [2.75, 3.05) is 5.73 Å². The number of H-pyrrole nitrogens is 1. The summed E-state index contributed by atoms with van der Waals surface area (Å²) in [5.74, 6) is 0.123. The zero-order chi connectivity index (χ0) is 12.4. The van der Waals surface area contributed by atoms with E-state index in [1.807, 2.05) is 0 Å². The number of hydrogen-bond acceptors (Lipinski definition) is 3. The summed E-state index contributed by atoms with van der Waals surface area (Å²) in [6.07, 6.45) is 0.291. The Bertz CT molecular complexity index is 612. The molecule has 2 rings (SSSR count). The zero-order valence-corrected chi connectivity index (χ0v) is 9.46. The second kappa shape index (κ2) is 4.55. The summed E-state index contributed by atoms with van der Waals surface area (Å²) in [6.45, 7) is 0. The quantitative estimate of drug-likeness (QED) is 0.856. The molecule has 0 atom stereocenters. The molecular formula is C11H9ClFN3O. The molecule has 0 spiro atoms. The number of anilines is 1. The molecule has 0 aliphatic rings. The number of nitrogen functional groups attached to an aromatic ring is 1. The lowest BCUT2D eigenvalue weighted by Crippen LogP contribution is -2.12. The van der Waals surface area contributed by atoms with Gasteiger partial charge in [0.15, 0.2) is 0 Å². The first kappa shape index (κ1) is 11.6. The van der Waals surface area contributed by atoms with Crippen LogP contribution in [-0.4, -0.2) is 9.97 Å². The van der Waals surface area contributed by atoms with Crippen LogP contribution in [0.15, 0.2) is 29.1 Å². The lowest BCUT2D eigenvalue weighted by molar-refractivity contribution is 0.627. The largest absolute Gasteiger partial charge is 0.383 e. The van der Waals surface area contributed by atoms with Crippen molar-refractivity contribution < 1.29 is 4.39 Å². The molecule has 2 aromatic rings. The monoisotopic (exact) mass is 253 g/mol. The van der Waals surface area contributed by atoms with Crippen LogP contribution in [0.5, 0.6) is 0 Å². The first-order valence-electron chi connectivity index (χ1n) is 4.84. The van der Waals surface area contributed by atoms with Crippen molar-refractivity contribution in [3.05, 3.63) is 56.8 Å². The number of hydrogen-bond donors (Lipinski definition) is 2. The van der Waals surface area contributed by atoms with Gasteiger partial charge in [-0.1, -0.05) is 17.7 Å². The molecule has 3 N–H and O–H groups in total. The fraction of sp³-hybridized carbons (Fsp3) is 0.0909. The van der Waals surface area contributed by atoms with Gasteiger partial charge in [-0.25, -0.2) is 9.37 Å². The lowest BCUT2D eigenvalue weighted by atomic mass is 10.1. The number of aromatic nitrogens is 2. The number of aromatic amines is 1. The van der Waals surface area contributed by atoms with Gasteiger partial charge in [0.1, 0.15) is 17.5 Å². The van der Waals surface area contributed by atoms with Gasteiger partial charge in [0.2, 0.25) is 0 Å². The highest BCUT2D eigenvalue weighted by Gasteiger charge is 2.05. The Hall–Kier alpha value is -1.88. The molecule has 0 saturated heterocycles. The second-order valence-corrected chi connectivity index (χ2v) is 3.94.